The first-order chi connectivity index (χ1) is 8.58. The second-order valence-electron chi connectivity index (χ2n) is 3.61. The lowest BCUT2D eigenvalue weighted by Gasteiger charge is -2.04. The Bertz CT molecular complexity index is 605. The number of nitrogens with two attached hydrogens (primary N) is 1. The summed E-state index contributed by atoms with van der Waals surface area (Å²) in [4.78, 5) is 25.4. The Morgan fingerprint density at radius 2 is 2.22 bits per heavy atom. The van der Waals surface area contributed by atoms with E-state index in [0.717, 1.165) is 0 Å². The number of nitrogens with zero attached hydrogens (tertiary/aromatic N) is 2. The summed E-state index contributed by atoms with van der Waals surface area (Å²) in [6, 6.07) is 4.64. The van der Waals surface area contributed by atoms with Crippen molar-refractivity contribution in [1.82, 2.24) is 9.55 Å². The monoisotopic (exact) mass is 249 g/mol. The molecule has 0 aliphatic carbocycles. The van der Waals surface area contributed by atoms with Gasteiger partial charge < -0.3 is 20.1 Å². The van der Waals surface area contributed by atoms with Crippen molar-refractivity contribution in [3.63, 3.8) is 0 Å². The van der Waals surface area contributed by atoms with Gasteiger partial charge >= 0.3 is 12.1 Å². The number of hydrogen-bond donors (Lipinski definition) is 2. The quantitative estimate of drug-likeness (QED) is 0.834. The average Bonchev–Trinajstić information content (AvgIpc) is 2.71. The molecule has 0 fully saturated rings. The fourth-order valence-corrected chi connectivity index (χ4v) is 1.61. The van der Waals surface area contributed by atoms with Gasteiger partial charge in [0.15, 0.2) is 0 Å². The molecule has 2 aromatic rings. The van der Waals surface area contributed by atoms with Gasteiger partial charge in [-0.2, -0.15) is 0 Å². The molecule has 0 atom stereocenters. The number of aromatic nitrogens is 2. The molecule has 1 heterocycles. The Morgan fingerprint density at radius 3 is 2.89 bits per heavy atom. The zero-order chi connectivity index (χ0) is 13.1. The zero-order valence-corrected chi connectivity index (χ0v) is 9.37. The Balaban J connectivity index is 2.25. The first-order valence-corrected chi connectivity index (χ1v) is 5.18. The molecule has 7 heteroatoms. The fourth-order valence-electron chi connectivity index (χ4n) is 1.61. The van der Waals surface area contributed by atoms with E-state index in [1.165, 1.54) is 12.1 Å². The minimum atomic E-state index is -1.00. The third-order valence-corrected chi connectivity index (χ3v) is 2.44. The molecule has 1 amide bonds. The van der Waals surface area contributed by atoms with Gasteiger partial charge in [-0.25, -0.2) is 14.6 Å². The maximum atomic E-state index is 10.9. The maximum absolute atomic E-state index is 10.9. The molecule has 0 aliphatic rings. The zero-order valence-electron chi connectivity index (χ0n) is 9.37. The van der Waals surface area contributed by atoms with E-state index >= 15 is 0 Å². The van der Waals surface area contributed by atoms with Gasteiger partial charge in [0.05, 0.1) is 29.5 Å². The van der Waals surface area contributed by atoms with Crippen molar-refractivity contribution < 1.29 is 19.4 Å². The lowest BCUT2D eigenvalue weighted by atomic mass is 10.2. The SMILES string of the molecule is NC(=O)OCCn1cnc2ccc(C(=O)O)cc21. The second kappa shape index (κ2) is 4.74. The Kier molecular flexibility index (Phi) is 3.13. The Labute approximate surface area is 102 Å². The van der Waals surface area contributed by atoms with E-state index in [1.807, 2.05) is 0 Å². The molecular formula is C11H11N3O4. The van der Waals surface area contributed by atoms with E-state index in [1.54, 1.807) is 17.0 Å². The molecule has 0 radical (unpaired) electrons. The van der Waals surface area contributed by atoms with Crippen molar-refractivity contribution in [1.29, 1.82) is 0 Å². The van der Waals surface area contributed by atoms with Gasteiger partial charge in [0.2, 0.25) is 0 Å². The number of carbonyl (C=O) groups is 2. The summed E-state index contributed by atoms with van der Waals surface area (Å²) >= 11 is 0. The summed E-state index contributed by atoms with van der Waals surface area (Å²) in [5.41, 5.74) is 6.37. The number of rotatable bonds is 4. The Morgan fingerprint density at radius 1 is 1.44 bits per heavy atom. The van der Waals surface area contributed by atoms with Gasteiger partial charge in [-0.1, -0.05) is 0 Å². The lowest BCUT2D eigenvalue weighted by molar-refractivity contribution is 0.0697. The van der Waals surface area contributed by atoms with E-state index in [9.17, 15) is 9.59 Å². The fraction of sp³-hybridized carbons (Fsp3) is 0.182. The molecule has 1 aromatic heterocycles. The van der Waals surface area contributed by atoms with Gasteiger partial charge in [-0.3, -0.25) is 0 Å². The summed E-state index contributed by atoms with van der Waals surface area (Å²) in [6.07, 6.45) is 0.714. The van der Waals surface area contributed by atoms with Crippen molar-refractivity contribution in [2.75, 3.05) is 6.61 Å². The molecule has 3 N–H and O–H groups in total. The number of amides is 1. The lowest BCUT2D eigenvalue weighted by Crippen LogP contribution is -2.16. The predicted octanol–water partition coefficient (Wildman–Crippen LogP) is 0.830. The van der Waals surface area contributed by atoms with Gasteiger partial charge in [-0.05, 0) is 18.2 Å². The third kappa shape index (κ3) is 2.40. The molecule has 18 heavy (non-hydrogen) atoms. The van der Waals surface area contributed by atoms with Crippen LogP contribution in [0.15, 0.2) is 24.5 Å². The topological polar surface area (TPSA) is 107 Å². The van der Waals surface area contributed by atoms with Gasteiger partial charge in [0.25, 0.3) is 0 Å². The second-order valence-corrected chi connectivity index (χ2v) is 3.61. The van der Waals surface area contributed by atoms with E-state index in [4.69, 9.17) is 10.8 Å². The van der Waals surface area contributed by atoms with Crippen LogP contribution in [0.25, 0.3) is 11.0 Å². The van der Waals surface area contributed by atoms with Gasteiger partial charge in [-0.15, -0.1) is 0 Å². The molecule has 0 bridgehead atoms. The predicted molar refractivity (Wildman–Crippen MR) is 62.2 cm³/mol. The number of imidazole rings is 1. The minimum Gasteiger partial charge on any atom is -0.478 e. The van der Waals surface area contributed by atoms with Crippen LogP contribution in [0.2, 0.25) is 0 Å². The molecule has 0 saturated carbocycles. The summed E-state index contributed by atoms with van der Waals surface area (Å²) in [6.45, 7) is 0.473. The number of carboxylic acid groups (broad SMARTS) is 1. The van der Waals surface area contributed by atoms with Crippen LogP contribution >= 0.6 is 0 Å². The molecule has 2 rings (SSSR count). The number of ether oxygens (including phenoxy) is 1. The first kappa shape index (κ1) is 11.9. The number of benzene rings is 1. The summed E-state index contributed by atoms with van der Waals surface area (Å²) in [7, 11) is 0. The van der Waals surface area contributed by atoms with Crippen molar-refractivity contribution in [2.24, 2.45) is 5.73 Å². The number of fused-ring (bicyclic) bond motifs is 1. The Hall–Kier alpha value is -2.57. The highest BCUT2D eigenvalue weighted by Gasteiger charge is 2.08. The molecule has 1 aromatic carbocycles. The molecule has 0 spiro atoms. The summed E-state index contributed by atoms with van der Waals surface area (Å²) in [5.74, 6) is -1.00. The molecule has 7 nitrogen and oxygen atoms in total. The van der Waals surface area contributed by atoms with E-state index < -0.39 is 12.1 Å². The number of primary amides is 1. The molecule has 0 unspecified atom stereocenters. The molecular weight excluding hydrogens is 238 g/mol. The van der Waals surface area contributed by atoms with Crippen LogP contribution in [0, 0.1) is 0 Å². The average molecular weight is 249 g/mol. The van der Waals surface area contributed by atoms with E-state index in [0.29, 0.717) is 17.6 Å². The van der Waals surface area contributed by atoms with Crippen LogP contribution in [0.1, 0.15) is 10.4 Å². The van der Waals surface area contributed by atoms with Crippen LogP contribution in [0.3, 0.4) is 0 Å². The normalized spacial score (nSPS) is 10.4. The highest BCUT2D eigenvalue weighted by atomic mass is 16.5. The number of carboxylic acids is 1. The first-order valence-electron chi connectivity index (χ1n) is 5.18. The molecule has 0 saturated heterocycles. The standard InChI is InChI=1S/C11H11N3O4/c12-11(17)18-4-3-14-6-13-8-2-1-7(10(15)16)5-9(8)14/h1-2,5-6H,3-4H2,(H2,12,17)(H,15,16). The highest BCUT2D eigenvalue weighted by Crippen LogP contribution is 2.15. The van der Waals surface area contributed by atoms with Crippen LogP contribution in [-0.2, 0) is 11.3 Å². The smallest absolute Gasteiger partial charge is 0.404 e. The van der Waals surface area contributed by atoms with E-state index in [-0.39, 0.29) is 12.2 Å². The number of carbonyl (C=O) groups excluding carboxylic acids is 1. The van der Waals surface area contributed by atoms with Crippen LogP contribution in [-0.4, -0.2) is 33.3 Å². The third-order valence-electron chi connectivity index (χ3n) is 2.44. The highest BCUT2D eigenvalue weighted by molar-refractivity contribution is 5.92. The largest absolute Gasteiger partial charge is 0.478 e. The molecule has 0 aliphatic heterocycles. The van der Waals surface area contributed by atoms with Crippen LogP contribution in [0.4, 0.5) is 4.79 Å². The van der Waals surface area contributed by atoms with Crippen molar-refractivity contribution in [3.05, 3.63) is 30.1 Å². The van der Waals surface area contributed by atoms with Crippen molar-refractivity contribution in [2.45, 2.75) is 6.54 Å². The number of hydrogen-bond acceptors (Lipinski definition) is 4. The van der Waals surface area contributed by atoms with E-state index in [2.05, 4.69) is 9.72 Å². The van der Waals surface area contributed by atoms with Crippen molar-refractivity contribution >= 4 is 23.1 Å². The maximum Gasteiger partial charge on any atom is 0.404 e. The van der Waals surface area contributed by atoms with Gasteiger partial charge in [0, 0.05) is 0 Å². The van der Waals surface area contributed by atoms with Crippen molar-refractivity contribution in [3.8, 4) is 0 Å². The van der Waals surface area contributed by atoms with Crippen LogP contribution < -0.4 is 5.73 Å². The minimum absolute atomic E-state index is 0.109. The van der Waals surface area contributed by atoms with Gasteiger partial charge in [0.1, 0.15) is 6.61 Å². The molecule has 94 valence electrons. The summed E-state index contributed by atoms with van der Waals surface area (Å²) in [5, 5.41) is 8.91. The van der Waals surface area contributed by atoms with Crippen LogP contribution in [0.5, 0.6) is 0 Å². The number of aromatic carboxylic acids is 1. The summed E-state index contributed by atoms with van der Waals surface area (Å²) < 4.78 is 6.31.